The molecule has 9 nitrogen and oxygen atoms in total. The Kier molecular flexibility index (Phi) is 5.38. The summed E-state index contributed by atoms with van der Waals surface area (Å²) in [5, 5.41) is 6.83. The number of rotatable bonds is 8. The van der Waals surface area contributed by atoms with Crippen molar-refractivity contribution in [3.63, 3.8) is 0 Å². The zero-order valence-corrected chi connectivity index (χ0v) is 12.4. The van der Waals surface area contributed by atoms with Crippen LogP contribution in [0.2, 0.25) is 0 Å². The Labute approximate surface area is 122 Å². The van der Waals surface area contributed by atoms with E-state index in [2.05, 4.69) is 44.2 Å². The monoisotopic (exact) mass is 293 g/mol. The van der Waals surface area contributed by atoms with E-state index in [0.29, 0.717) is 37.6 Å². The van der Waals surface area contributed by atoms with Crippen LogP contribution in [0.15, 0.2) is 12.7 Å². The van der Waals surface area contributed by atoms with Crippen molar-refractivity contribution < 1.29 is 9.47 Å². The topological polar surface area (TPSA) is 99.9 Å². The lowest BCUT2D eigenvalue weighted by molar-refractivity contribution is 0.0791. The molecule has 0 fully saturated rings. The molecule has 0 radical (unpaired) electrons. The largest absolute Gasteiger partial charge is 0.461 e. The zero-order chi connectivity index (χ0) is 15.1. The van der Waals surface area contributed by atoms with Gasteiger partial charge in [-0.05, 0) is 5.92 Å². The van der Waals surface area contributed by atoms with Crippen LogP contribution < -0.4 is 10.1 Å². The molecule has 0 spiro atoms. The summed E-state index contributed by atoms with van der Waals surface area (Å²) in [4.78, 5) is 16.3. The second kappa shape index (κ2) is 7.48. The Morgan fingerprint density at radius 3 is 2.76 bits per heavy atom. The average Bonchev–Trinajstić information content (AvgIpc) is 3.00. The van der Waals surface area contributed by atoms with Crippen molar-refractivity contribution in [2.75, 3.05) is 32.2 Å². The summed E-state index contributed by atoms with van der Waals surface area (Å²) in [6.45, 7) is 5.74. The molecule has 2 aromatic heterocycles. The van der Waals surface area contributed by atoms with Crippen LogP contribution in [0.1, 0.15) is 13.8 Å². The minimum atomic E-state index is 0.216. The summed E-state index contributed by atoms with van der Waals surface area (Å²) in [6, 6.07) is 0.216. The van der Waals surface area contributed by atoms with E-state index >= 15 is 0 Å². The molecule has 0 aliphatic heterocycles. The van der Waals surface area contributed by atoms with Gasteiger partial charge in [0.15, 0.2) is 0 Å². The van der Waals surface area contributed by atoms with E-state index in [1.165, 1.54) is 17.3 Å². The van der Waals surface area contributed by atoms with Gasteiger partial charge in [0, 0.05) is 13.7 Å². The lowest BCUT2D eigenvalue weighted by atomic mass is 10.2. The molecule has 0 aliphatic carbocycles. The van der Waals surface area contributed by atoms with Crippen molar-refractivity contribution in [2.45, 2.75) is 13.8 Å². The van der Waals surface area contributed by atoms with Gasteiger partial charge in [0.05, 0.1) is 6.61 Å². The van der Waals surface area contributed by atoms with Gasteiger partial charge < -0.3 is 14.8 Å². The van der Waals surface area contributed by atoms with Crippen molar-refractivity contribution in [2.24, 2.45) is 5.92 Å². The molecule has 2 rings (SSSR count). The Morgan fingerprint density at radius 2 is 2.10 bits per heavy atom. The van der Waals surface area contributed by atoms with Crippen LogP contribution in [0.4, 0.5) is 5.95 Å². The molecule has 0 unspecified atom stereocenters. The fourth-order valence-electron chi connectivity index (χ4n) is 1.45. The summed E-state index contributed by atoms with van der Waals surface area (Å²) in [5.74, 6) is 1.23. The molecular weight excluding hydrogens is 274 g/mol. The van der Waals surface area contributed by atoms with Gasteiger partial charge in [0.2, 0.25) is 5.95 Å². The number of nitrogens with one attached hydrogen (secondary N) is 1. The van der Waals surface area contributed by atoms with Gasteiger partial charge in [-0.2, -0.15) is 24.7 Å². The summed E-state index contributed by atoms with van der Waals surface area (Å²) in [5.41, 5.74) is 0. The molecule has 0 saturated heterocycles. The van der Waals surface area contributed by atoms with E-state index in [-0.39, 0.29) is 6.01 Å². The van der Waals surface area contributed by atoms with E-state index in [0.717, 1.165) is 0 Å². The highest BCUT2D eigenvalue weighted by atomic mass is 16.5. The Morgan fingerprint density at radius 1 is 1.24 bits per heavy atom. The summed E-state index contributed by atoms with van der Waals surface area (Å²) in [6.07, 6.45) is 2.91. The number of nitrogens with zero attached hydrogens (tertiary/aromatic N) is 6. The molecule has 0 aliphatic rings. The van der Waals surface area contributed by atoms with Crippen molar-refractivity contribution in [1.29, 1.82) is 0 Å². The molecule has 1 N–H and O–H groups in total. The molecule has 0 amide bonds. The number of hydrogen-bond acceptors (Lipinski definition) is 8. The Hall–Kier alpha value is -2.29. The van der Waals surface area contributed by atoms with E-state index in [1.807, 2.05) is 0 Å². The van der Waals surface area contributed by atoms with E-state index in [4.69, 9.17) is 9.47 Å². The molecule has 0 bridgehead atoms. The molecule has 0 aromatic carbocycles. The van der Waals surface area contributed by atoms with Gasteiger partial charge in [-0.3, -0.25) is 0 Å². The minimum absolute atomic E-state index is 0.216. The molecule has 114 valence electrons. The molecule has 2 heterocycles. The third kappa shape index (κ3) is 4.63. The first kappa shape index (κ1) is 15.1. The second-order valence-corrected chi connectivity index (χ2v) is 4.65. The predicted octanol–water partition coefficient (Wildman–Crippen LogP) is 0.545. The highest BCUT2D eigenvalue weighted by Crippen LogP contribution is 2.09. The first-order valence-electron chi connectivity index (χ1n) is 6.68. The van der Waals surface area contributed by atoms with Crippen molar-refractivity contribution in [3.05, 3.63) is 12.7 Å². The van der Waals surface area contributed by atoms with Gasteiger partial charge >= 0.3 is 6.01 Å². The standard InChI is InChI=1S/C12H19N7O2/c1-9(2)6-20-4-5-21-12-17-10(13-3)16-11(18-12)19-8-14-7-15-19/h7-9H,4-6H2,1-3H3,(H,13,16,17,18). The predicted molar refractivity (Wildman–Crippen MR) is 75.4 cm³/mol. The minimum Gasteiger partial charge on any atom is -0.461 e. The number of aromatic nitrogens is 6. The van der Waals surface area contributed by atoms with Gasteiger partial charge in [-0.1, -0.05) is 13.8 Å². The smallest absolute Gasteiger partial charge is 0.323 e. The summed E-state index contributed by atoms with van der Waals surface area (Å²) >= 11 is 0. The number of hydrogen-bond donors (Lipinski definition) is 1. The molecule has 9 heteroatoms. The lowest BCUT2D eigenvalue weighted by Gasteiger charge is -2.09. The van der Waals surface area contributed by atoms with Crippen molar-refractivity contribution >= 4 is 5.95 Å². The SMILES string of the molecule is CNc1nc(OCCOCC(C)C)nc(-n2cncn2)n1. The van der Waals surface area contributed by atoms with E-state index in [1.54, 1.807) is 7.05 Å². The lowest BCUT2D eigenvalue weighted by Crippen LogP contribution is -2.13. The quantitative estimate of drug-likeness (QED) is 0.704. The van der Waals surface area contributed by atoms with E-state index in [9.17, 15) is 0 Å². The third-order valence-corrected chi connectivity index (χ3v) is 2.36. The average molecular weight is 293 g/mol. The maximum Gasteiger partial charge on any atom is 0.323 e. The summed E-state index contributed by atoms with van der Waals surface area (Å²) < 4.78 is 12.4. The fourth-order valence-corrected chi connectivity index (χ4v) is 1.45. The van der Waals surface area contributed by atoms with Crippen LogP contribution in [-0.4, -0.2) is 56.6 Å². The van der Waals surface area contributed by atoms with Crippen LogP contribution >= 0.6 is 0 Å². The van der Waals surface area contributed by atoms with Gasteiger partial charge in [0.1, 0.15) is 19.3 Å². The van der Waals surface area contributed by atoms with E-state index < -0.39 is 0 Å². The van der Waals surface area contributed by atoms with Crippen LogP contribution in [0.5, 0.6) is 6.01 Å². The normalized spacial score (nSPS) is 10.9. The fraction of sp³-hybridized carbons (Fsp3) is 0.583. The Bertz CT molecular complexity index is 545. The van der Waals surface area contributed by atoms with Crippen LogP contribution in [0.3, 0.4) is 0 Å². The van der Waals surface area contributed by atoms with Crippen molar-refractivity contribution in [1.82, 2.24) is 29.7 Å². The molecule has 0 saturated carbocycles. The molecule has 0 atom stereocenters. The maximum absolute atomic E-state index is 5.48. The molecule has 21 heavy (non-hydrogen) atoms. The van der Waals surface area contributed by atoms with Gasteiger partial charge in [-0.25, -0.2) is 4.98 Å². The van der Waals surface area contributed by atoms with Crippen LogP contribution in [-0.2, 0) is 4.74 Å². The molecule has 2 aromatic rings. The number of anilines is 1. The van der Waals surface area contributed by atoms with Crippen molar-refractivity contribution in [3.8, 4) is 12.0 Å². The highest BCUT2D eigenvalue weighted by molar-refractivity contribution is 5.28. The van der Waals surface area contributed by atoms with Crippen LogP contribution in [0, 0.1) is 5.92 Å². The Balaban J connectivity index is 1.97. The first-order chi connectivity index (χ1) is 10.2. The van der Waals surface area contributed by atoms with Crippen LogP contribution in [0.25, 0.3) is 5.95 Å². The molecular formula is C12H19N7O2. The third-order valence-electron chi connectivity index (χ3n) is 2.36. The summed E-state index contributed by atoms with van der Waals surface area (Å²) in [7, 11) is 1.72. The van der Waals surface area contributed by atoms with Gasteiger partial charge in [-0.15, -0.1) is 0 Å². The zero-order valence-electron chi connectivity index (χ0n) is 12.4. The van der Waals surface area contributed by atoms with Gasteiger partial charge in [0.25, 0.3) is 5.95 Å². The second-order valence-electron chi connectivity index (χ2n) is 4.65. The highest BCUT2D eigenvalue weighted by Gasteiger charge is 2.09. The first-order valence-corrected chi connectivity index (χ1v) is 6.68. The maximum atomic E-state index is 5.48. The number of ether oxygens (including phenoxy) is 2.